The number of rotatable bonds is 5. The quantitative estimate of drug-likeness (QED) is 0.751. The molecule has 0 radical (unpaired) electrons. The van der Waals surface area contributed by atoms with Crippen molar-refractivity contribution >= 4 is 5.57 Å². The predicted molar refractivity (Wildman–Crippen MR) is 107 cm³/mol. The lowest BCUT2D eigenvalue weighted by atomic mass is 9.80. The van der Waals surface area contributed by atoms with Crippen LogP contribution in [0, 0.1) is 22.7 Å². The highest BCUT2D eigenvalue weighted by Gasteiger charge is 2.23. The van der Waals surface area contributed by atoms with Crippen molar-refractivity contribution in [3.05, 3.63) is 58.7 Å². The molecule has 0 aromatic heterocycles. The van der Waals surface area contributed by atoms with Gasteiger partial charge in [0.15, 0.2) is 11.5 Å². The molecule has 0 amide bonds. The second-order valence-electron chi connectivity index (χ2n) is 6.60. The number of nitriles is 2. The van der Waals surface area contributed by atoms with Crippen LogP contribution in [0.2, 0.25) is 0 Å². The van der Waals surface area contributed by atoms with Crippen molar-refractivity contribution in [2.24, 2.45) is 0 Å². The topological polar surface area (TPSA) is 75.3 Å². The molecule has 5 nitrogen and oxygen atoms in total. The Balaban J connectivity index is 2.10. The molecule has 0 N–H and O–H groups in total. The molecule has 0 saturated carbocycles. The Kier molecular flexibility index (Phi) is 5.87. The van der Waals surface area contributed by atoms with Crippen LogP contribution >= 0.6 is 0 Å². The molecule has 3 rings (SSSR count). The van der Waals surface area contributed by atoms with Gasteiger partial charge in [-0.1, -0.05) is 12.1 Å². The molecule has 0 saturated heterocycles. The summed E-state index contributed by atoms with van der Waals surface area (Å²) in [7, 11) is 4.78. The second-order valence-corrected chi connectivity index (χ2v) is 6.60. The number of methoxy groups -OCH3 is 3. The van der Waals surface area contributed by atoms with E-state index in [1.165, 1.54) is 0 Å². The predicted octanol–water partition coefficient (Wildman–Crippen LogP) is 4.81. The molecule has 0 bridgehead atoms. The molecule has 0 spiro atoms. The Morgan fingerprint density at radius 1 is 0.929 bits per heavy atom. The van der Waals surface area contributed by atoms with Crippen LogP contribution in [0.1, 0.15) is 47.4 Å². The Morgan fingerprint density at radius 3 is 2.04 bits per heavy atom. The maximum Gasteiger partial charge on any atom is 0.203 e. The Morgan fingerprint density at radius 2 is 1.54 bits per heavy atom. The highest BCUT2D eigenvalue weighted by Crippen LogP contribution is 2.43. The van der Waals surface area contributed by atoms with E-state index in [1.54, 1.807) is 39.5 Å². The van der Waals surface area contributed by atoms with Gasteiger partial charge in [0.25, 0.3) is 0 Å². The Hall–Kier alpha value is -3.44. The van der Waals surface area contributed by atoms with E-state index in [0.717, 1.165) is 36.0 Å². The standard InChI is InChI=1S/C23H22N2O3/c1-26-20-11-19(12-21(27-2)23(20)28-3)15-6-4-7-16(10-15)22-17(13-24)8-5-9-18(22)14-25/h5,8-12,16H,4,6-7H2,1-3H3. The van der Waals surface area contributed by atoms with Crippen LogP contribution in [0.3, 0.4) is 0 Å². The molecule has 1 unspecified atom stereocenters. The molecule has 1 atom stereocenters. The highest BCUT2D eigenvalue weighted by atomic mass is 16.5. The summed E-state index contributed by atoms with van der Waals surface area (Å²) in [5.74, 6) is 1.79. The molecule has 28 heavy (non-hydrogen) atoms. The lowest BCUT2D eigenvalue weighted by Gasteiger charge is -2.24. The maximum atomic E-state index is 9.52. The van der Waals surface area contributed by atoms with Crippen LogP contribution in [-0.4, -0.2) is 21.3 Å². The fourth-order valence-corrected chi connectivity index (χ4v) is 3.82. The zero-order valence-corrected chi connectivity index (χ0v) is 16.3. The van der Waals surface area contributed by atoms with E-state index in [1.807, 2.05) is 12.1 Å². The third-order valence-corrected chi connectivity index (χ3v) is 5.12. The van der Waals surface area contributed by atoms with Gasteiger partial charge < -0.3 is 14.2 Å². The molecule has 0 aliphatic heterocycles. The lowest BCUT2D eigenvalue weighted by molar-refractivity contribution is 0.324. The first-order valence-corrected chi connectivity index (χ1v) is 9.11. The first kappa shape index (κ1) is 19.3. The summed E-state index contributed by atoms with van der Waals surface area (Å²) in [4.78, 5) is 0. The van der Waals surface area contributed by atoms with Gasteiger partial charge in [-0.05, 0) is 60.2 Å². The van der Waals surface area contributed by atoms with E-state index >= 15 is 0 Å². The highest BCUT2D eigenvalue weighted by molar-refractivity contribution is 5.73. The van der Waals surface area contributed by atoms with Gasteiger partial charge in [-0.15, -0.1) is 0 Å². The van der Waals surface area contributed by atoms with Gasteiger partial charge in [-0.25, -0.2) is 0 Å². The van der Waals surface area contributed by atoms with E-state index < -0.39 is 0 Å². The van der Waals surface area contributed by atoms with Crippen LogP contribution < -0.4 is 14.2 Å². The van der Waals surface area contributed by atoms with Crippen molar-refractivity contribution in [1.82, 2.24) is 0 Å². The minimum atomic E-state index is 0.0216. The number of hydrogen-bond donors (Lipinski definition) is 0. The van der Waals surface area contributed by atoms with Crippen LogP contribution in [0.15, 0.2) is 36.4 Å². The van der Waals surface area contributed by atoms with Gasteiger partial charge in [-0.3, -0.25) is 0 Å². The third kappa shape index (κ3) is 3.52. The first-order chi connectivity index (χ1) is 13.7. The van der Waals surface area contributed by atoms with E-state index in [9.17, 15) is 10.5 Å². The minimum Gasteiger partial charge on any atom is -0.493 e. The van der Waals surface area contributed by atoms with E-state index in [4.69, 9.17) is 14.2 Å². The fourth-order valence-electron chi connectivity index (χ4n) is 3.82. The van der Waals surface area contributed by atoms with Crippen molar-refractivity contribution in [3.8, 4) is 29.4 Å². The summed E-state index contributed by atoms with van der Waals surface area (Å²) < 4.78 is 16.4. The van der Waals surface area contributed by atoms with Crippen LogP contribution in [0.5, 0.6) is 17.2 Å². The summed E-state index contributed by atoms with van der Waals surface area (Å²) in [6, 6.07) is 13.7. The SMILES string of the molecule is COc1cc(C2=CC(c3c(C#N)cccc3C#N)CCC2)cc(OC)c1OC. The lowest BCUT2D eigenvalue weighted by Crippen LogP contribution is -2.07. The number of benzene rings is 2. The zero-order valence-electron chi connectivity index (χ0n) is 16.3. The van der Waals surface area contributed by atoms with Gasteiger partial charge in [0, 0.05) is 5.92 Å². The van der Waals surface area contributed by atoms with Gasteiger partial charge in [-0.2, -0.15) is 10.5 Å². The number of hydrogen-bond acceptors (Lipinski definition) is 5. The summed E-state index contributed by atoms with van der Waals surface area (Å²) in [6.45, 7) is 0. The second kappa shape index (κ2) is 8.50. The van der Waals surface area contributed by atoms with Crippen molar-refractivity contribution in [1.29, 1.82) is 10.5 Å². The monoisotopic (exact) mass is 374 g/mol. The number of allylic oxidation sites excluding steroid dienone is 2. The van der Waals surface area contributed by atoms with Gasteiger partial charge in [0.1, 0.15) is 0 Å². The maximum absolute atomic E-state index is 9.52. The van der Waals surface area contributed by atoms with Crippen molar-refractivity contribution in [2.45, 2.75) is 25.2 Å². The fraction of sp³-hybridized carbons (Fsp3) is 0.304. The molecule has 2 aromatic carbocycles. The molecule has 0 heterocycles. The van der Waals surface area contributed by atoms with E-state index in [0.29, 0.717) is 28.4 Å². The molecule has 0 fully saturated rings. The molecular weight excluding hydrogens is 352 g/mol. The van der Waals surface area contributed by atoms with Gasteiger partial charge in [0.05, 0.1) is 44.6 Å². The van der Waals surface area contributed by atoms with Gasteiger partial charge in [0.2, 0.25) is 5.75 Å². The van der Waals surface area contributed by atoms with E-state index in [-0.39, 0.29) is 5.92 Å². The first-order valence-electron chi connectivity index (χ1n) is 9.11. The molecule has 2 aromatic rings. The Bertz CT molecular complexity index is 939. The minimum absolute atomic E-state index is 0.0216. The van der Waals surface area contributed by atoms with Crippen molar-refractivity contribution in [2.75, 3.05) is 21.3 Å². The third-order valence-electron chi connectivity index (χ3n) is 5.12. The van der Waals surface area contributed by atoms with Crippen LogP contribution in [0.25, 0.3) is 5.57 Å². The van der Waals surface area contributed by atoms with Crippen LogP contribution in [-0.2, 0) is 0 Å². The number of ether oxygens (including phenoxy) is 3. The molecular formula is C23H22N2O3. The summed E-state index contributed by atoms with van der Waals surface area (Å²) in [5, 5.41) is 19.0. The summed E-state index contributed by atoms with van der Waals surface area (Å²) in [6.07, 6.45) is 4.95. The van der Waals surface area contributed by atoms with Crippen molar-refractivity contribution < 1.29 is 14.2 Å². The van der Waals surface area contributed by atoms with E-state index in [2.05, 4.69) is 18.2 Å². The average molecular weight is 374 g/mol. The summed E-state index contributed by atoms with van der Waals surface area (Å²) in [5.41, 5.74) is 4.08. The average Bonchev–Trinajstić information content (AvgIpc) is 2.77. The zero-order chi connectivity index (χ0) is 20.1. The largest absolute Gasteiger partial charge is 0.493 e. The normalized spacial score (nSPS) is 15.8. The number of nitrogens with zero attached hydrogens (tertiary/aromatic N) is 2. The molecule has 1 aliphatic rings. The Labute approximate surface area is 165 Å². The van der Waals surface area contributed by atoms with Gasteiger partial charge >= 0.3 is 0 Å². The molecule has 142 valence electrons. The summed E-state index contributed by atoms with van der Waals surface area (Å²) >= 11 is 0. The van der Waals surface area contributed by atoms with Crippen LogP contribution in [0.4, 0.5) is 0 Å². The van der Waals surface area contributed by atoms with Crippen molar-refractivity contribution in [3.63, 3.8) is 0 Å². The molecule has 1 aliphatic carbocycles. The molecule has 5 heteroatoms. The smallest absolute Gasteiger partial charge is 0.203 e.